The first kappa shape index (κ1) is 18.2. The second kappa shape index (κ2) is 8.21. The first-order chi connectivity index (χ1) is 12.6. The molecule has 0 saturated heterocycles. The van der Waals surface area contributed by atoms with Crippen LogP contribution < -0.4 is 10.1 Å². The van der Waals surface area contributed by atoms with Crippen LogP contribution in [0, 0.1) is 0 Å². The predicted octanol–water partition coefficient (Wildman–Crippen LogP) is 4.92. The number of nitrogens with zero attached hydrogens (tertiary/aromatic N) is 1. The monoisotopic (exact) mass is 386 g/mol. The summed E-state index contributed by atoms with van der Waals surface area (Å²) in [6.07, 6.45) is 1.40. The molecule has 6 heteroatoms. The smallest absolute Gasteiger partial charge is 0.253 e. The summed E-state index contributed by atoms with van der Waals surface area (Å²) < 4.78 is 5.21. The number of methoxy groups -OCH3 is 1. The van der Waals surface area contributed by atoms with Crippen LogP contribution >= 0.6 is 23.2 Å². The van der Waals surface area contributed by atoms with Gasteiger partial charge in [0, 0.05) is 6.20 Å². The molecule has 4 nitrogen and oxygen atoms in total. The van der Waals surface area contributed by atoms with E-state index in [2.05, 4.69) is 10.3 Å². The Kier molecular flexibility index (Phi) is 5.76. The third kappa shape index (κ3) is 4.15. The van der Waals surface area contributed by atoms with Gasteiger partial charge < -0.3 is 10.1 Å². The quantitative estimate of drug-likeness (QED) is 0.633. The Balaban J connectivity index is 1.92. The predicted molar refractivity (Wildman–Crippen MR) is 103 cm³/mol. The van der Waals surface area contributed by atoms with E-state index in [0.717, 1.165) is 16.9 Å². The highest BCUT2D eigenvalue weighted by molar-refractivity contribution is 6.41. The fourth-order valence-electron chi connectivity index (χ4n) is 2.56. The van der Waals surface area contributed by atoms with Gasteiger partial charge >= 0.3 is 0 Å². The Bertz CT molecular complexity index is 899. The Hall–Kier alpha value is -2.56. The molecule has 0 fully saturated rings. The van der Waals surface area contributed by atoms with Gasteiger partial charge in [0.1, 0.15) is 10.9 Å². The molecule has 0 aliphatic carbocycles. The minimum Gasteiger partial charge on any atom is -0.497 e. The van der Waals surface area contributed by atoms with Crippen molar-refractivity contribution < 1.29 is 9.53 Å². The molecule has 0 bridgehead atoms. The number of carbonyl (C=O) groups is 1. The van der Waals surface area contributed by atoms with Gasteiger partial charge in [-0.25, -0.2) is 4.98 Å². The molecule has 0 aliphatic heterocycles. The van der Waals surface area contributed by atoms with Crippen molar-refractivity contribution in [3.63, 3.8) is 0 Å². The van der Waals surface area contributed by atoms with E-state index in [4.69, 9.17) is 27.9 Å². The maximum absolute atomic E-state index is 12.7. The zero-order valence-corrected chi connectivity index (χ0v) is 15.5. The van der Waals surface area contributed by atoms with Crippen molar-refractivity contribution in [1.29, 1.82) is 0 Å². The van der Waals surface area contributed by atoms with Gasteiger partial charge in [-0.1, -0.05) is 65.7 Å². The molecule has 0 radical (unpaired) electrons. The Morgan fingerprint density at radius 3 is 2.31 bits per heavy atom. The van der Waals surface area contributed by atoms with E-state index in [-0.39, 0.29) is 22.1 Å². The number of ether oxygens (including phenoxy) is 1. The van der Waals surface area contributed by atoms with Gasteiger partial charge in [-0.05, 0) is 29.3 Å². The number of hydrogen-bond donors (Lipinski definition) is 1. The summed E-state index contributed by atoms with van der Waals surface area (Å²) in [7, 11) is 1.61. The summed E-state index contributed by atoms with van der Waals surface area (Å²) in [6, 6.07) is 18.4. The summed E-state index contributed by atoms with van der Waals surface area (Å²) in [4.78, 5) is 16.6. The normalized spacial score (nSPS) is 11.7. The van der Waals surface area contributed by atoms with Crippen molar-refractivity contribution in [2.24, 2.45) is 0 Å². The number of rotatable bonds is 5. The molecule has 1 atom stereocenters. The lowest BCUT2D eigenvalue weighted by atomic mass is 9.98. The zero-order chi connectivity index (χ0) is 18.5. The maximum Gasteiger partial charge on any atom is 0.253 e. The van der Waals surface area contributed by atoms with Crippen LogP contribution in [-0.4, -0.2) is 18.0 Å². The largest absolute Gasteiger partial charge is 0.497 e. The first-order valence-corrected chi connectivity index (χ1v) is 8.65. The topological polar surface area (TPSA) is 51.2 Å². The summed E-state index contributed by atoms with van der Waals surface area (Å²) >= 11 is 11.8. The number of carbonyl (C=O) groups excluding carboxylic acids is 1. The van der Waals surface area contributed by atoms with E-state index in [1.807, 2.05) is 54.6 Å². The number of nitrogens with one attached hydrogen (secondary N) is 1. The van der Waals surface area contributed by atoms with Crippen molar-refractivity contribution >= 4 is 29.1 Å². The van der Waals surface area contributed by atoms with Crippen LogP contribution in [0.5, 0.6) is 5.75 Å². The zero-order valence-electron chi connectivity index (χ0n) is 13.9. The van der Waals surface area contributed by atoms with Crippen LogP contribution in [0.15, 0.2) is 66.9 Å². The van der Waals surface area contributed by atoms with Gasteiger partial charge in [0.2, 0.25) is 0 Å². The van der Waals surface area contributed by atoms with Gasteiger partial charge in [0.15, 0.2) is 0 Å². The van der Waals surface area contributed by atoms with Crippen molar-refractivity contribution in [3.05, 3.63) is 93.7 Å². The minimum absolute atomic E-state index is 0.165. The number of pyridine rings is 1. The summed E-state index contributed by atoms with van der Waals surface area (Å²) in [5, 5.41) is 3.43. The minimum atomic E-state index is -0.330. The first-order valence-electron chi connectivity index (χ1n) is 7.89. The third-order valence-electron chi connectivity index (χ3n) is 3.92. The molecule has 0 unspecified atom stereocenters. The molecule has 0 saturated carbocycles. The standard InChI is InChI=1S/C20H16Cl2N2O2/c1-26-16-9-7-14(8-10-16)18(13-5-3-2-4-6-13)24-20(25)15-11-17(21)19(22)23-12-15/h2-12,18H,1H3,(H,24,25)/t18-/m0/s1. The molecule has 0 spiro atoms. The van der Waals surface area contributed by atoms with Crippen molar-refractivity contribution in [2.45, 2.75) is 6.04 Å². The van der Waals surface area contributed by atoms with Crippen molar-refractivity contribution in [1.82, 2.24) is 10.3 Å². The van der Waals surface area contributed by atoms with Gasteiger partial charge in [0.05, 0.1) is 23.7 Å². The lowest BCUT2D eigenvalue weighted by Crippen LogP contribution is -2.29. The molecule has 2 aromatic carbocycles. The Morgan fingerprint density at radius 2 is 1.69 bits per heavy atom. The molecule has 1 aromatic heterocycles. The van der Waals surface area contributed by atoms with E-state index < -0.39 is 0 Å². The Morgan fingerprint density at radius 1 is 1.04 bits per heavy atom. The second-order valence-electron chi connectivity index (χ2n) is 5.59. The van der Waals surface area contributed by atoms with Crippen LogP contribution in [-0.2, 0) is 0 Å². The highest BCUT2D eigenvalue weighted by atomic mass is 35.5. The van der Waals surface area contributed by atoms with E-state index in [1.54, 1.807) is 7.11 Å². The average Bonchev–Trinajstić information content (AvgIpc) is 2.69. The fraction of sp³-hybridized carbons (Fsp3) is 0.100. The highest BCUT2D eigenvalue weighted by Crippen LogP contribution is 2.25. The average molecular weight is 387 g/mol. The number of hydrogen-bond acceptors (Lipinski definition) is 3. The highest BCUT2D eigenvalue weighted by Gasteiger charge is 2.18. The SMILES string of the molecule is COc1ccc([C@@H](NC(=O)c2cnc(Cl)c(Cl)c2)c2ccccc2)cc1. The van der Waals surface area contributed by atoms with Crippen molar-refractivity contribution in [2.75, 3.05) is 7.11 Å². The van der Waals surface area contributed by atoms with Crippen LogP contribution in [0.1, 0.15) is 27.5 Å². The molecule has 1 N–H and O–H groups in total. The lowest BCUT2D eigenvalue weighted by molar-refractivity contribution is 0.0942. The summed E-state index contributed by atoms with van der Waals surface area (Å²) in [5.41, 5.74) is 2.23. The van der Waals surface area contributed by atoms with E-state index >= 15 is 0 Å². The fourth-order valence-corrected chi connectivity index (χ4v) is 2.83. The van der Waals surface area contributed by atoms with Crippen LogP contribution in [0.2, 0.25) is 10.2 Å². The third-order valence-corrected chi connectivity index (χ3v) is 4.60. The number of aromatic nitrogens is 1. The van der Waals surface area contributed by atoms with Gasteiger partial charge in [-0.15, -0.1) is 0 Å². The van der Waals surface area contributed by atoms with Crippen LogP contribution in [0.25, 0.3) is 0 Å². The Labute approximate surface area is 161 Å². The van der Waals surface area contributed by atoms with E-state index in [0.29, 0.717) is 5.56 Å². The molecule has 0 aliphatic rings. The van der Waals surface area contributed by atoms with Gasteiger partial charge in [-0.2, -0.15) is 0 Å². The second-order valence-corrected chi connectivity index (χ2v) is 6.35. The molecular formula is C20H16Cl2N2O2. The van der Waals surface area contributed by atoms with E-state index in [1.165, 1.54) is 12.3 Å². The molecule has 132 valence electrons. The summed E-state index contributed by atoms with van der Waals surface area (Å²) in [5.74, 6) is 0.460. The number of amides is 1. The van der Waals surface area contributed by atoms with Crippen molar-refractivity contribution in [3.8, 4) is 5.75 Å². The summed E-state index contributed by atoms with van der Waals surface area (Å²) in [6.45, 7) is 0. The maximum atomic E-state index is 12.7. The van der Waals surface area contributed by atoms with Crippen LogP contribution in [0.4, 0.5) is 0 Å². The molecule has 26 heavy (non-hydrogen) atoms. The van der Waals surface area contributed by atoms with Gasteiger partial charge in [0.25, 0.3) is 5.91 Å². The lowest BCUT2D eigenvalue weighted by Gasteiger charge is -2.20. The molecule has 1 heterocycles. The number of benzene rings is 2. The molecule has 1 amide bonds. The molecule has 3 aromatic rings. The van der Waals surface area contributed by atoms with Crippen LogP contribution in [0.3, 0.4) is 0 Å². The van der Waals surface area contributed by atoms with E-state index in [9.17, 15) is 4.79 Å². The molecular weight excluding hydrogens is 371 g/mol. The van der Waals surface area contributed by atoms with Gasteiger partial charge in [-0.3, -0.25) is 4.79 Å². The number of halogens is 2. The molecule has 3 rings (SSSR count).